The van der Waals surface area contributed by atoms with Gasteiger partial charge >= 0.3 is 12.2 Å². The number of carbonyl (C=O) groups excluding carboxylic acids is 1. The van der Waals surface area contributed by atoms with Crippen molar-refractivity contribution < 1.29 is 19.4 Å². The SMILES string of the molecule is CCOC(=O)N[C@]12C=CC=C[C@H]1CN(C(=O)O)C2. The number of nitrogens with one attached hydrogen (secondary N) is 1. The molecule has 2 rings (SSSR count). The lowest BCUT2D eigenvalue weighted by Crippen LogP contribution is -2.53. The Morgan fingerprint density at radius 3 is 3.00 bits per heavy atom. The number of allylic oxidation sites excluding steroid dienone is 2. The van der Waals surface area contributed by atoms with Crippen LogP contribution in [0, 0.1) is 5.92 Å². The molecule has 0 unspecified atom stereocenters. The fraction of sp³-hybridized carbons (Fsp3) is 0.500. The Balaban J connectivity index is 2.16. The van der Waals surface area contributed by atoms with Crippen LogP contribution in [-0.2, 0) is 4.74 Å². The van der Waals surface area contributed by atoms with Gasteiger partial charge in [-0.2, -0.15) is 0 Å². The highest BCUT2D eigenvalue weighted by Crippen LogP contribution is 2.32. The molecule has 18 heavy (non-hydrogen) atoms. The molecule has 0 aromatic carbocycles. The fourth-order valence-electron chi connectivity index (χ4n) is 2.41. The van der Waals surface area contributed by atoms with Gasteiger partial charge in [0.15, 0.2) is 0 Å². The van der Waals surface area contributed by atoms with Crippen LogP contribution in [0.2, 0.25) is 0 Å². The molecular weight excluding hydrogens is 236 g/mol. The Morgan fingerprint density at radius 2 is 2.33 bits per heavy atom. The summed E-state index contributed by atoms with van der Waals surface area (Å²) in [5, 5.41) is 11.8. The molecule has 2 amide bonds. The van der Waals surface area contributed by atoms with Gasteiger partial charge in [-0.25, -0.2) is 9.59 Å². The molecule has 6 nitrogen and oxygen atoms in total. The first-order valence-corrected chi connectivity index (χ1v) is 5.86. The van der Waals surface area contributed by atoms with Crippen molar-refractivity contribution >= 4 is 12.2 Å². The number of fused-ring (bicyclic) bond motifs is 1. The average molecular weight is 252 g/mol. The van der Waals surface area contributed by atoms with E-state index in [2.05, 4.69) is 5.32 Å². The van der Waals surface area contributed by atoms with Crippen LogP contribution < -0.4 is 5.32 Å². The predicted octanol–water partition coefficient (Wildman–Crippen LogP) is 1.21. The van der Waals surface area contributed by atoms with Gasteiger partial charge in [0.05, 0.1) is 18.7 Å². The number of carboxylic acid groups (broad SMARTS) is 1. The summed E-state index contributed by atoms with van der Waals surface area (Å²) in [6, 6.07) is 0. The Kier molecular flexibility index (Phi) is 3.27. The second-order valence-corrected chi connectivity index (χ2v) is 4.40. The van der Waals surface area contributed by atoms with E-state index < -0.39 is 17.7 Å². The van der Waals surface area contributed by atoms with Crippen LogP contribution in [0.4, 0.5) is 9.59 Å². The van der Waals surface area contributed by atoms with Crippen LogP contribution in [0.3, 0.4) is 0 Å². The zero-order valence-corrected chi connectivity index (χ0v) is 10.1. The first kappa shape index (κ1) is 12.5. The molecule has 2 aliphatic rings. The van der Waals surface area contributed by atoms with Crippen molar-refractivity contribution in [2.75, 3.05) is 19.7 Å². The van der Waals surface area contributed by atoms with E-state index in [1.807, 2.05) is 24.3 Å². The van der Waals surface area contributed by atoms with Crippen LogP contribution in [-0.4, -0.2) is 47.4 Å². The third-order valence-corrected chi connectivity index (χ3v) is 3.26. The van der Waals surface area contributed by atoms with Crippen molar-refractivity contribution in [2.45, 2.75) is 12.5 Å². The summed E-state index contributed by atoms with van der Waals surface area (Å²) in [7, 11) is 0. The first-order chi connectivity index (χ1) is 8.57. The van der Waals surface area contributed by atoms with Crippen molar-refractivity contribution in [3.8, 4) is 0 Å². The second-order valence-electron chi connectivity index (χ2n) is 4.40. The molecular formula is C12H16N2O4. The molecule has 1 saturated heterocycles. The first-order valence-electron chi connectivity index (χ1n) is 5.86. The second kappa shape index (κ2) is 4.72. The number of amides is 2. The molecule has 98 valence electrons. The highest BCUT2D eigenvalue weighted by molar-refractivity contribution is 5.71. The number of rotatable bonds is 2. The lowest BCUT2D eigenvalue weighted by molar-refractivity contribution is 0.137. The summed E-state index contributed by atoms with van der Waals surface area (Å²) in [5.74, 6) is -0.0528. The number of likely N-dealkylation sites (tertiary alicyclic amines) is 1. The average Bonchev–Trinajstić information content (AvgIpc) is 2.68. The zero-order valence-electron chi connectivity index (χ0n) is 10.1. The maximum Gasteiger partial charge on any atom is 0.407 e. The summed E-state index contributed by atoms with van der Waals surface area (Å²) in [6.45, 7) is 2.63. The van der Waals surface area contributed by atoms with Crippen LogP contribution in [0.1, 0.15) is 6.92 Å². The van der Waals surface area contributed by atoms with Gasteiger partial charge < -0.3 is 20.1 Å². The number of nitrogens with zero attached hydrogens (tertiary/aromatic N) is 1. The molecule has 1 heterocycles. The normalized spacial score (nSPS) is 28.9. The van der Waals surface area contributed by atoms with Gasteiger partial charge in [-0.3, -0.25) is 0 Å². The largest absolute Gasteiger partial charge is 0.465 e. The minimum Gasteiger partial charge on any atom is -0.465 e. The molecule has 0 spiro atoms. The van der Waals surface area contributed by atoms with Crippen LogP contribution in [0.5, 0.6) is 0 Å². The summed E-state index contributed by atoms with van der Waals surface area (Å²) < 4.78 is 4.87. The molecule has 0 aromatic rings. The number of hydrogen-bond donors (Lipinski definition) is 2. The molecule has 0 aromatic heterocycles. The highest BCUT2D eigenvalue weighted by Gasteiger charge is 2.47. The summed E-state index contributed by atoms with van der Waals surface area (Å²) in [6.07, 6.45) is 5.92. The van der Waals surface area contributed by atoms with Gasteiger partial charge in [0.25, 0.3) is 0 Å². The van der Waals surface area contributed by atoms with Gasteiger partial charge in [0.1, 0.15) is 0 Å². The van der Waals surface area contributed by atoms with Gasteiger partial charge in [-0.05, 0) is 6.92 Å². The minimum atomic E-state index is -0.976. The van der Waals surface area contributed by atoms with Crippen molar-refractivity contribution in [2.24, 2.45) is 5.92 Å². The Hall–Kier alpha value is -1.98. The lowest BCUT2D eigenvalue weighted by Gasteiger charge is -2.32. The number of carbonyl (C=O) groups is 2. The maximum absolute atomic E-state index is 11.6. The molecule has 1 aliphatic heterocycles. The Labute approximate surface area is 105 Å². The molecule has 2 N–H and O–H groups in total. The van der Waals surface area contributed by atoms with Gasteiger partial charge in [-0.15, -0.1) is 0 Å². The quantitative estimate of drug-likeness (QED) is 0.774. The Morgan fingerprint density at radius 1 is 1.56 bits per heavy atom. The molecule has 0 bridgehead atoms. The monoisotopic (exact) mass is 252 g/mol. The van der Waals surface area contributed by atoms with Gasteiger partial charge in [-0.1, -0.05) is 24.3 Å². The Bertz CT molecular complexity index is 418. The smallest absolute Gasteiger partial charge is 0.407 e. The molecule has 2 atom stereocenters. The maximum atomic E-state index is 11.6. The molecule has 0 saturated carbocycles. The predicted molar refractivity (Wildman–Crippen MR) is 64.3 cm³/mol. The lowest BCUT2D eigenvalue weighted by atomic mass is 9.84. The number of ether oxygens (including phenoxy) is 1. The van der Waals surface area contributed by atoms with E-state index in [-0.39, 0.29) is 19.1 Å². The van der Waals surface area contributed by atoms with Crippen molar-refractivity contribution in [3.05, 3.63) is 24.3 Å². The minimum absolute atomic E-state index is 0.0528. The molecule has 6 heteroatoms. The van der Waals surface area contributed by atoms with E-state index in [1.54, 1.807) is 6.92 Å². The zero-order chi connectivity index (χ0) is 13.2. The van der Waals surface area contributed by atoms with Crippen molar-refractivity contribution in [1.82, 2.24) is 10.2 Å². The van der Waals surface area contributed by atoms with Gasteiger partial charge in [0, 0.05) is 12.5 Å². The standard InChI is InChI=1S/C12H16N2O4/c1-2-18-10(15)13-12-6-4-3-5-9(12)7-14(8-12)11(16)17/h3-6,9H,2,7-8H2,1H3,(H,13,15)(H,16,17)/t9-,12-/m0/s1. The van der Waals surface area contributed by atoms with E-state index in [0.717, 1.165) is 0 Å². The van der Waals surface area contributed by atoms with E-state index in [1.165, 1.54) is 4.90 Å². The molecule has 1 fully saturated rings. The third kappa shape index (κ3) is 2.18. The van der Waals surface area contributed by atoms with E-state index in [4.69, 9.17) is 9.84 Å². The third-order valence-electron chi connectivity index (χ3n) is 3.26. The molecule has 1 aliphatic carbocycles. The van der Waals surface area contributed by atoms with Crippen molar-refractivity contribution in [1.29, 1.82) is 0 Å². The van der Waals surface area contributed by atoms with E-state index in [0.29, 0.717) is 6.54 Å². The van der Waals surface area contributed by atoms with E-state index >= 15 is 0 Å². The number of hydrogen-bond acceptors (Lipinski definition) is 3. The van der Waals surface area contributed by atoms with E-state index in [9.17, 15) is 9.59 Å². The highest BCUT2D eigenvalue weighted by atomic mass is 16.5. The van der Waals surface area contributed by atoms with Crippen LogP contribution >= 0.6 is 0 Å². The van der Waals surface area contributed by atoms with Crippen LogP contribution in [0.25, 0.3) is 0 Å². The summed E-state index contributed by atoms with van der Waals surface area (Å²) in [4.78, 5) is 23.9. The van der Waals surface area contributed by atoms with Crippen molar-refractivity contribution in [3.63, 3.8) is 0 Å². The van der Waals surface area contributed by atoms with Gasteiger partial charge in [0.2, 0.25) is 0 Å². The summed E-state index contributed by atoms with van der Waals surface area (Å²) >= 11 is 0. The van der Waals surface area contributed by atoms with Crippen LogP contribution in [0.15, 0.2) is 24.3 Å². The topological polar surface area (TPSA) is 78.9 Å². The fourth-order valence-corrected chi connectivity index (χ4v) is 2.41. The summed E-state index contributed by atoms with van der Waals surface area (Å²) in [5.41, 5.74) is -0.681. The number of alkyl carbamates (subject to hydrolysis) is 1. The molecule has 0 radical (unpaired) electrons.